The van der Waals surface area contributed by atoms with Crippen molar-refractivity contribution in [3.63, 3.8) is 0 Å². The molecule has 7 heteroatoms. The van der Waals surface area contributed by atoms with E-state index in [0.717, 1.165) is 12.1 Å². The zero-order chi connectivity index (χ0) is 10.2. The minimum atomic E-state index is -4.17. The first-order valence-corrected chi connectivity index (χ1v) is 5.37. The Kier molecular flexibility index (Phi) is 2.60. The number of sulfonamides is 1. The zero-order valence-corrected chi connectivity index (χ0v) is 8.56. The fourth-order valence-electron chi connectivity index (χ4n) is 0.783. The molecule has 0 saturated carbocycles. The molecule has 0 aliphatic carbocycles. The minimum absolute atomic E-state index is 0.269. The van der Waals surface area contributed by atoms with Gasteiger partial charge < -0.3 is 5.11 Å². The van der Waals surface area contributed by atoms with Crippen LogP contribution in [0.1, 0.15) is 0 Å². The van der Waals surface area contributed by atoms with Gasteiger partial charge in [0.25, 0.3) is 0 Å². The minimum Gasteiger partial charge on any atom is -0.507 e. The van der Waals surface area contributed by atoms with Gasteiger partial charge in [0.2, 0.25) is 10.0 Å². The number of phenolic OH excluding ortho intramolecular Hbond substituents is 1. The lowest BCUT2D eigenvalue weighted by Crippen LogP contribution is -2.14. The Labute approximate surface area is 82.4 Å². The van der Waals surface area contributed by atoms with Gasteiger partial charge >= 0.3 is 0 Å². The number of rotatable bonds is 1. The molecule has 0 aromatic heterocycles. The maximum absolute atomic E-state index is 12.9. The second kappa shape index (κ2) is 3.24. The van der Waals surface area contributed by atoms with Crippen molar-refractivity contribution in [2.24, 2.45) is 5.14 Å². The lowest BCUT2D eigenvalue weighted by atomic mass is 10.3. The van der Waals surface area contributed by atoms with E-state index >= 15 is 0 Å². The quantitative estimate of drug-likeness (QED) is 0.796. The molecule has 0 spiro atoms. The molecule has 72 valence electrons. The topological polar surface area (TPSA) is 80.4 Å². The molecule has 0 aliphatic heterocycles. The smallest absolute Gasteiger partial charge is 0.242 e. The maximum atomic E-state index is 12.9. The molecule has 13 heavy (non-hydrogen) atoms. The van der Waals surface area contributed by atoms with Crippen LogP contribution < -0.4 is 5.14 Å². The summed E-state index contributed by atoms with van der Waals surface area (Å²) in [5.41, 5.74) is 0. The van der Waals surface area contributed by atoms with E-state index in [0.29, 0.717) is 0 Å². The van der Waals surface area contributed by atoms with E-state index in [1.807, 2.05) is 0 Å². The van der Waals surface area contributed by atoms with Gasteiger partial charge in [-0.15, -0.1) is 0 Å². The third-order valence-electron chi connectivity index (χ3n) is 1.31. The summed E-state index contributed by atoms with van der Waals surface area (Å²) in [6, 6.07) is 1.84. The molecule has 1 aromatic rings. The largest absolute Gasteiger partial charge is 0.507 e. The van der Waals surface area contributed by atoms with Crippen molar-refractivity contribution >= 4 is 26.0 Å². The highest BCUT2D eigenvalue weighted by Crippen LogP contribution is 2.31. The number of benzene rings is 1. The molecule has 0 atom stereocenters. The fourth-order valence-corrected chi connectivity index (χ4v) is 2.48. The van der Waals surface area contributed by atoms with Crippen molar-refractivity contribution in [1.82, 2.24) is 0 Å². The van der Waals surface area contributed by atoms with Crippen LogP contribution in [0.15, 0.2) is 21.5 Å². The molecule has 3 N–H and O–H groups in total. The monoisotopic (exact) mass is 269 g/mol. The van der Waals surface area contributed by atoms with Crippen LogP contribution in [0.3, 0.4) is 0 Å². The normalized spacial score (nSPS) is 11.6. The lowest BCUT2D eigenvalue weighted by Gasteiger charge is -2.04. The average molecular weight is 270 g/mol. The molecule has 0 radical (unpaired) electrons. The first-order valence-electron chi connectivity index (χ1n) is 3.04. The summed E-state index contributed by atoms with van der Waals surface area (Å²) in [6.07, 6.45) is 0. The first kappa shape index (κ1) is 10.4. The molecular formula is C6H5BrFNO3S. The molecule has 1 aromatic carbocycles. The molecule has 1 rings (SSSR count). The predicted octanol–water partition coefficient (Wildman–Crippen LogP) is 0.941. The van der Waals surface area contributed by atoms with Crippen LogP contribution in [0.4, 0.5) is 4.39 Å². The van der Waals surface area contributed by atoms with Crippen molar-refractivity contribution in [2.75, 3.05) is 0 Å². The lowest BCUT2D eigenvalue weighted by molar-refractivity contribution is 0.463. The Bertz CT molecular complexity index is 445. The second-order valence-electron chi connectivity index (χ2n) is 2.25. The molecule has 0 aliphatic rings. The Morgan fingerprint density at radius 2 is 2.00 bits per heavy atom. The van der Waals surface area contributed by atoms with Crippen molar-refractivity contribution in [3.05, 3.63) is 22.4 Å². The Balaban J connectivity index is 3.62. The molecule has 0 unspecified atom stereocenters. The van der Waals surface area contributed by atoms with Crippen molar-refractivity contribution in [3.8, 4) is 5.75 Å². The summed E-state index contributed by atoms with van der Waals surface area (Å²) in [5.74, 6) is -1.39. The predicted molar refractivity (Wildman–Crippen MR) is 47.1 cm³/mol. The molecule has 0 heterocycles. The summed E-state index contributed by atoms with van der Waals surface area (Å²) in [7, 11) is -4.17. The Morgan fingerprint density at radius 1 is 1.46 bits per heavy atom. The number of hydrogen-bond donors (Lipinski definition) is 2. The number of aromatic hydroxyl groups is 1. The molecule has 0 saturated heterocycles. The molecule has 0 amide bonds. The summed E-state index contributed by atoms with van der Waals surface area (Å²) in [6.45, 7) is 0. The van der Waals surface area contributed by atoms with E-state index in [-0.39, 0.29) is 10.2 Å². The molecule has 0 bridgehead atoms. The van der Waals surface area contributed by atoms with E-state index in [9.17, 15) is 12.8 Å². The first-order chi connectivity index (χ1) is 5.84. The van der Waals surface area contributed by atoms with Gasteiger partial charge in [0.15, 0.2) is 0 Å². The van der Waals surface area contributed by atoms with Crippen LogP contribution in [0, 0.1) is 5.82 Å². The van der Waals surface area contributed by atoms with Gasteiger partial charge in [0.05, 0.1) is 4.47 Å². The van der Waals surface area contributed by atoms with E-state index in [1.165, 1.54) is 0 Å². The highest BCUT2D eigenvalue weighted by molar-refractivity contribution is 9.10. The second-order valence-corrected chi connectivity index (χ2v) is 4.55. The molecule has 0 fully saturated rings. The maximum Gasteiger partial charge on any atom is 0.242 e. The van der Waals surface area contributed by atoms with Crippen LogP contribution in [-0.2, 0) is 10.0 Å². The van der Waals surface area contributed by atoms with Gasteiger partial charge in [-0.25, -0.2) is 17.9 Å². The van der Waals surface area contributed by atoms with Crippen LogP contribution >= 0.6 is 15.9 Å². The van der Waals surface area contributed by atoms with E-state index in [2.05, 4.69) is 15.9 Å². The zero-order valence-electron chi connectivity index (χ0n) is 6.16. The average Bonchev–Trinajstić information content (AvgIpc) is 1.95. The third-order valence-corrected chi connectivity index (χ3v) is 3.35. The van der Waals surface area contributed by atoms with Crippen LogP contribution in [-0.4, -0.2) is 13.5 Å². The highest BCUT2D eigenvalue weighted by Gasteiger charge is 2.20. The van der Waals surface area contributed by atoms with Gasteiger partial charge in [0.1, 0.15) is 16.5 Å². The Hall–Kier alpha value is -0.660. The van der Waals surface area contributed by atoms with Crippen LogP contribution in [0.5, 0.6) is 5.75 Å². The number of primary sulfonamides is 1. The summed E-state index contributed by atoms with van der Waals surface area (Å²) >= 11 is 2.72. The van der Waals surface area contributed by atoms with Crippen molar-refractivity contribution in [1.29, 1.82) is 0 Å². The van der Waals surface area contributed by atoms with Gasteiger partial charge in [-0.1, -0.05) is 0 Å². The Morgan fingerprint density at radius 3 is 2.38 bits per heavy atom. The third kappa shape index (κ3) is 1.98. The SMILES string of the molecule is NS(=O)(=O)c1c(F)ccc(O)c1Br. The van der Waals surface area contributed by atoms with Gasteiger partial charge in [-0.2, -0.15) is 0 Å². The van der Waals surface area contributed by atoms with E-state index in [4.69, 9.17) is 10.2 Å². The van der Waals surface area contributed by atoms with Crippen molar-refractivity contribution in [2.45, 2.75) is 4.90 Å². The number of hydrogen-bond acceptors (Lipinski definition) is 3. The van der Waals surface area contributed by atoms with Crippen LogP contribution in [0.25, 0.3) is 0 Å². The molecule has 4 nitrogen and oxygen atoms in total. The summed E-state index contributed by atoms with van der Waals surface area (Å²) in [5, 5.41) is 13.8. The fraction of sp³-hybridized carbons (Fsp3) is 0. The number of nitrogens with two attached hydrogens (primary N) is 1. The van der Waals surface area contributed by atoms with E-state index < -0.39 is 20.7 Å². The van der Waals surface area contributed by atoms with Gasteiger partial charge in [-0.05, 0) is 28.1 Å². The van der Waals surface area contributed by atoms with Gasteiger partial charge in [0, 0.05) is 0 Å². The summed E-state index contributed by atoms with van der Waals surface area (Å²) in [4.78, 5) is -0.743. The van der Waals surface area contributed by atoms with Gasteiger partial charge in [-0.3, -0.25) is 0 Å². The standard InChI is InChI=1S/C6H5BrFNO3S/c7-5-4(10)2-1-3(8)6(5)13(9,11)12/h1-2,10H,(H2,9,11,12). The number of halogens is 2. The van der Waals surface area contributed by atoms with E-state index in [1.54, 1.807) is 0 Å². The highest BCUT2D eigenvalue weighted by atomic mass is 79.9. The molecular weight excluding hydrogens is 265 g/mol. The summed E-state index contributed by atoms with van der Waals surface area (Å²) < 4.78 is 34.3. The van der Waals surface area contributed by atoms with Crippen molar-refractivity contribution < 1.29 is 17.9 Å². The van der Waals surface area contributed by atoms with Crippen LogP contribution in [0.2, 0.25) is 0 Å². The number of phenols is 1.